The van der Waals surface area contributed by atoms with Crippen LogP contribution >= 0.6 is 11.6 Å². The van der Waals surface area contributed by atoms with Crippen molar-refractivity contribution in [3.05, 3.63) is 65.2 Å². The van der Waals surface area contributed by atoms with Gasteiger partial charge in [0.15, 0.2) is 0 Å². The first-order chi connectivity index (χ1) is 12.0. The van der Waals surface area contributed by atoms with E-state index in [2.05, 4.69) is 4.72 Å². The van der Waals surface area contributed by atoms with Crippen molar-refractivity contribution in [1.82, 2.24) is 4.72 Å². The molecule has 2 unspecified atom stereocenters. The minimum atomic E-state index is -4.28. The Balaban J connectivity index is 2.44. The average molecular weight is 418 g/mol. The SMILES string of the molecule is CC(C)(C)[S@+]([O-])NC(c1ccc(Cl)cc1)C(F)S(=O)(=O)c1ccccc1. The molecule has 0 amide bonds. The first kappa shape index (κ1) is 21.2. The molecule has 4 nitrogen and oxygen atoms in total. The second-order valence-corrected chi connectivity index (χ2v) is 11.2. The van der Waals surface area contributed by atoms with Crippen molar-refractivity contribution in [2.75, 3.05) is 0 Å². The molecular formula is C18H21ClFNO3S2. The van der Waals surface area contributed by atoms with Crippen LogP contribution in [0.15, 0.2) is 59.5 Å². The van der Waals surface area contributed by atoms with Gasteiger partial charge in [-0.2, -0.15) is 0 Å². The molecule has 0 bridgehead atoms. The summed E-state index contributed by atoms with van der Waals surface area (Å²) in [6, 6.07) is 12.2. The zero-order valence-corrected chi connectivity index (χ0v) is 17.0. The van der Waals surface area contributed by atoms with Gasteiger partial charge in [0.05, 0.1) is 4.90 Å². The van der Waals surface area contributed by atoms with Crippen LogP contribution in [0, 0.1) is 0 Å². The Morgan fingerprint density at radius 2 is 1.62 bits per heavy atom. The molecule has 0 saturated carbocycles. The molecule has 0 aromatic heterocycles. The van der Waals surface area contributed by atoms with Crippen molar-refractivity contribution in [2.24, 2.45) is 0 Å². The maximum Gasteiger partial charge on any atom is 0.228 e. The lowest BCUT2D eigenvalue weighted by Crippen LogP contribution is -2.45. The number of sulfone groups is 1. The van der Waals surface area contributed by atoms with Crippen molar-refractivity contribution in [3.8, 4) is 0 Å². The van der Waals surface area contributed by atoms with E-state index in [0.717, 1.165) is 0 Å². The molecule has 0 aliphatic carbocycles. The van der Waals surface area contributed by atoms with E-state index in [0.29, 0.717) is 10.6 Å². The topological polar surface area (TPSA) is 69.2 Å². The summed E-state index contributed by atoms with van der Waals surface area (Å²) < 4.78 is 55.1. The van der Waals surface area contributed by atoms with E-state index in [1.165, 1.54) is 48.5 Å². The van der Waals surface area contributed by atoms with E-state index in [1.54, 1.807) is 26.8 Å². The summed E-state index contributed by atoms with van der Waals surface area (Å²) in [4.78, 5) is -0.130. The summed E-state index contributed by atoms with van der Waals surface area (Å²) in [6.45, 7) is 5.15. The molecule has 2 aromatic rings. The lowest BCUT2D eigenvalue weighted by molar-refractivity contribution is 0.350. The van der Waals surface area contributed by atoms with Crippen molar-refractivity contribution >= 4 is 32.8 Å². The lowest BCUT2D eigenvalue weighted by Gasteiger charge is -2.29. The molecule has 0 spiro atoms. The van der Waals surface area contributed by atoms with E-state index < -0.39 is 37.5 Å². The first-order valence-electron chi connectivity index (χ1n) is 7.90. The fraction of sp³-hybridized carbons (Fsp3) is 0.333. The molecule has 0 fully saturated rings. The largest absolute Gasteiger partial charge is 0.598 e. The van der Waals surface area contributed by atoms with Crippen LogP contribution in [0.3, 0.4) is 0 Å². The van der Waals surface area contributed by atoms with Gasteiger partial charge in [-0.1, -0.05) is 41.9 Å². The molecule has 8 heteroatoms. The van der Waals surface area contributed by atoms with Crippen LogP contribution in [0.25, 0.3) is 0 Å². The van der Waals surface area contributed by atoms with Gasteiger partial charge in [-0.25, -0.2) is 12.8 Å². The number of alkyl halides is 1. The van der Waals surface area contributed by atoms with Crippen LogP contribution in [0.2, 0.25) is 5.02 Å². The highest BCUT2D eigenvalue weighted by molar-refractivity contribution is 7.92. The van der Waals surface area contributed by atoms with Gasteiger partial charge in [0, 0.05) is 16.4 Å². The predicted octanol–water partition coefficient (Wildman–Crippen LogP) is 4.20. The first-order valence-corrected chi connectivity index (χ1v) is 11.0. The zero-order valence-electron chi connectivity index (χ0n) is 14.6. The number of hydrogen-bond acceptors (Lipinski definition) is 4. The van der Waals surface area contributed by atoms with E-state index >= 15 is 4.39 Å². The molecule has 2 rings (SSSR count). The summed E-state index contributed by atoms with van der Waals surface area (Å²) in [5.41, 5.74) is -1.98. The predicted molar refractivity (Wildman–Crippen MR) is 104 cm³/mol. The van der Waals surface area contributed by atoms with E-state index in [9.17, 15) is 13.0 Å². The summed E-state index contributed by atoms with van der Waals surface area (Å²) in [5, 5.41) is 0.436. The van der Waals surface area contributed by atoms with Gasteiger partial charge in [0.1, 0.15) is 10.8 Å². The van der Waals surface area contributed by atoms with E-state index in [1.807, 2.05) is 0 Å². The second-order valence-electron chi connectivity index (χ2n) is 6.74. The highest BCUT2D eigenvalue weighted by atomic mass is 35.5. The van der Waals surface area contributed by atoms with Crippen LogP contribution in [0.4, 0.5) is 4.39 Å². The van der Waals surface area contributed by atoms with Gasteiger partial charge in [-0.3, -0.25) is 0 Å². The third-order valence-corrected chi connectivity index (χ3v) is 7.28. The van der Waals surface area contributed by atoms with Crippen molar-refractivity contribution in [1.29, 1.82) is 0 Å². The highest BCUT2D eigenvalue weighted by Gasteiger charge is 2.40. The Bertz CT molecular complexity index is 824. The molecule has 1 N–H and O–H groups in total. The Labute approximate surface area is 162 Å². The van der Waals surface area contributed by atoms with Crippen LogP contribution in [-0.4, -0.2) is 23.2 Å². The minimum absolute atomic E-state index is 0.130. The van der Waals surface area contributed by atoms with Gasteiger partial charge in [-0.05, 0) is 50.6 Å². The molecule has 0 aliphatic rings. The quantitative estimate of drug-likeness (QED) is 0.715. The molecule has 0 radical (unpaired) electrons. The van der Waals surface area contributed by atoms with Crippen LogP contribution in [0.5, 0.6) is 0 Å². The third-order valence-electron chi connectivity index (χ3n) is 3.65. The summed E-state index contributed by atoms with van der Waals surface area (Å²) in [6.07, 6.45) is 0. The second kappa shape index (κ2) is 8.27. The Morgan fingerprint density at radius 1 is 1.08 bits per heavy atom. The Hall–Kier alpha value is -1.12. The molecule has 0 heterocycles. The number of halogens is 2. The van der Waals surface area contributed by atoms with Gasteiger partial charge in [0.2, 0.25) is 15.3 Å². The molecule has 3 atom stereocenters. The van der Waals surface area contributed by atoms with Crippen molar-refractivity contribution < 1.29 is 17.4 Å². The average Bonchev–Trinajstić information content (AvgIpc) is 2.59. The van der Waals surface area contributed by atoms with Gasteiger partial charge < -0.3 is 4.55 Å². The van der Waals surface area contributed by atoms with Crippen molar-refractivity contribution in [2.45, 2.75) is 42.0 Å². The number of hydrogen-bond donors (Lipinski definition) is 1. The van der Waals surface area contributed by atoms with Crippen LogP contribution in [0.1, 0.15) is 32.4 Å². The summed E-state index contributed by atoms with van der Waals surface area (Å²) in [7, 11) is -4.28. The fourth-order valence-corrected chi connectivity index (χ4v) is 4.59. The fourth-order valence-electron chi connectivity index (χ4n) is 2.15. The smallest absolute Gasteiger partial charge is 0.228 e. The van der Waals surface area contributed by atoms with Crippen molar-refractivity contribution in [3.63, 3.8) is 0 Å². The number of nitrogens with one attached hydrogen (secondary N) is 1. The summed E-state index contributed by atoms with van der Waals surface area (Å²) >= 11 is 4.20. The molecule has 26 heavy (non-hydrogen) atoms. The van der Waals surface area contributed by atoms with Gasteiger partial charge in [-0.15, -0.1) is 4.72 Å². The van der Waals surface area contributed by atoms with Gasteiger partial charge >= 0.3 is 0 Å². The Morgan fingerprint density at radius 3 is 2.12 bits per heavy atom. The summed E-state index contributed by atoms with van der Waals surface area (Å²) in [5.74, 6) is 0. The standard InChI is InChI=1S/C18H21ClFNO3S2/c1-18(2,3)25(22)21-16(13-9-11-14(19)12-10-13)17(20)26(23,24)15-7-5-4-6-8-15/h4-12,16-17,21H,1-3H3/t16?,17?,25-/m0/s1. The normalized spacial score (nSPS) is 16.1. The number of rotatable bonds is 6. The van der Waals surface area contributed by atoms with E-state index in [4.69, 9.17) is 11.6 Å². The molecular weight excluding hydrogens is 397 g/mol. The molecule has 142 valence electrons. The molecule has 0 aliphatic heterocycles. The number of benzene rings is 2. The van der Waals surface area contributed by atoms with Crippen LogP contribution < -0.4 is 4.72 Å². The maximum absolute atomic E-state index is 15.2. The lowest BCUT2D eigenvalue weighted by atomic mass is 10.1. The highest BCUT2D eigenvalue weighted by Crippen LogP contribution is 2.31. The van der Waals surface area contributed by atoms with E-state index in [-0.39, 0.29) is 4.90 Å². The minimum Gasteiger partial charge on any atom is -0.598 e. The monoisotopic (exact) mass is 417 g/mol. The van der Waals surface area contributed by atoms with Crippen LogP contribution in [-0.2, 0) is 21.2 Å². The zero-order chi connectivity index (χ0) is 19.5. The maximum atomic E-state index is 15.2. The third kappa shape index (κ3) is 4.98. The van der Waals surface area contributed by atoms with Gasteiger partial charge in [0.25, 0.3) is 0 Å². The molecule has 2 aromatic carbocycles. The Kier molecular flexibility index (Phi) is 6.74. The molecule has 0 saturated heterocycles.